The van der Waals surface area contributed by atoms with Gasteiger partial charge in [-0.3, -0.25) is 0 Å². The van der Waals surface area contributed by atoms with Crippen molar-refractivity contribution in [2.75, 3.05) is 0 Å². The first-order chi connectivity index (χ1) is 5.68. The molecule has 2 rings (SSSR count). The van der Waals surface area contributed by atoms with Gasteiger partial charge in [-0.2, -0.15) is 0 Å². The number of hydrogen-bond acceptors (Lipinski definition) is 1. The van der Waals surface area contributed by atoms with Gasteiger partial charge in [-0.25, -0.2) is 4.39 Å². The molecular weight excluding hydrogens is 155 g/mol. The average Bonchev–Trinajstić information content (AvgIpc) is 2.28. The molecule has 0 aromatic heterocycles. The van der Waals surface area contributed by atoms with Crippen LogP contribution in [0.2, 0.25) is 0 Å². The first-order valence-corrected chi connectivity index (χ1v) is 4.15. The van der Waals surface area contributed by atoms with Crippen molar-refractivity contribution in [2.24, 2.45) is 5.92 Å². The van der Waals surface area contributed by atoms with Crippen LogP contribution in [-0.4, -0.2) is 5.11 Å². The zero-order chi connectivity index (χ0) is 8.72. The summed E-state index contributed by atoms with van der Waals surface area (Å²) in [6.07, 6.45) is 0.384. The summed E-state index contributed by atoms with van der Waals surface area (Å²) in [5.74, 6) is 0.0110. The van der Waals surface area contributed by atoms with Crippen LogP contribution in [0.4, 0.5) is 4.39 Å². The summed E-state index contributed by atoms with van der Waals surface area (Å²) in [6, 6.07) is 4.60. The molecule has 0 amide bonds. The smallest absolute Gasteiger partial charge is 0.123 e. The third-order valence-corrected chi connectivity index (χ3v) is 2.50. The van der Waals surface area contributed by atoms with Crippen molar-refractivity contribution in [3.63, 3.8) is 0 Å². The molecule has 1 aromatic rings. The lowest BCUT2D eigenvalue weighted by Gasteiger charge is -2.07. The summed E-state index contributed by atoms with van der Waals surface area (Å²) in [4.78, 5) is 0. The van der Waals surface area contributed by atoms with Gasteiger partial charge in [0.25, 0.3) is 0 Å². The molecule has 64 valence electrons. The molecule has 0 bridgehead atoms. The Balaban J connectivity index is 2.47. The minimum absolute atomic E-state index is 0.213. The lowest BCUT2D eigenvalue weighted by Crippen LogP contribution is -2.00. The van der Waals surface area contributed by atoms with Crippen LogP contribution in [0.1, 0.15) is 24.2 Å². The number of rotatable bonds is 0. The van der Waals surface area contributed by atoms with Gasteiger partial charge < -0.3 is 5.11 Å². The number of aliphatic hydroxyl groups excluding tert-OH is 1. The van der Waals surface area contributed by atoms with E-state index < -0.39 is 6.10 Å². The van der Waals surface area contributed by atoms with Gasteiger partial charge in [0, 0.05) is 0 Å². The number of halogens is 1. The van der Waals surface area contributed by atoms with Crippen LogP contribution >= 0.6 is 0 Å². The third kappa shape index (κ3) is 1.03. The minimum Gasteiger partial charge on any atom is -0.388 e. The normalized spacial score (nSPS) is 27.2. The van der Waals surface area contributed by atoms with Gasteiger partial charge in [-0.05, 0) is 35.6 Å². The number of aliphatic hydroxyl groups is 1. The predicted molar refractivity (Wildman–Crippen MR) is 44.2 cm³/mol. The Morgan fingerprint density at radius 1 is 1.50 bits per heavy atom. The van der Waals surface area contributed by atoms with E-state index in [4.69, 9.17) is 0 Å². The number of hydrogen-bond donors (Lipinski definition) is 1. The van der Waals surface area contributed by atoms with E-state index in [0.717, 1.165) is 17.5 Å². The second-order valence-electron chi connectivity index (χ2n) is 3.47. The van der Waals surface area contributed by atoms with E-state index in [0.29, 0.717) is 0 Å². The Kier molecular flexibility index (Phi) is 1.65. The van der Waals surface area contributed by atoms with Crippen LogP contribution in [0.3, 0.4) is 0 Å². The van der Waals surface area contributed by atoms with Crippen molar-refractivity contribution >= 4 is 0 Å². The van der Waals surface area contributed by atoms with Crippen LogP contribution in [0, 0.1) is 11.7 Å². The molecule has 2 atom stereocenters. The standard InChI is InChI=1S/C10H11FO/c1-6-4-7-5-8(11)2-3-9(7)10(6)12/h2-3,5-6,10,12H,4H2,1H3. The first-order valence-electron chi connectivity index (χ1n) is 4.15. The van der Waals surface area contributed by atoms with Gasteiger partial charge in [0.1, 0.15) is 5.82 Å². The maximum atomic E-state index is 12.7. The van der Waals surface area contributed by atoms with Crippen molar-refractivity contribution in [1.29, 1.82) is 0 Å². The minimum atomic E-state index is -0.402. The maximum absolute atomic E-state index is 12.7. The van der Waals surface area contributed by atoms with Crippen LogP contribution in [0.25, 0.3) is 0 Å². The van der Waals surface area contributed by atoms with Gasteiger partial charge in [0.05, 0.1) is 6.10 Å². The number of benzene rings is 1. The second-order valence-corrected chi connectivity index (χ2v) is 3.47. The van der Waals surface area contributed by atoms with E-state index in [9.17, 15) is 9.50 Å². The van der Waals surface area contributed by atoms with Crippen molar-refractivity contribution in [2.45, 2.75) is 19.4 Å². The monoisotopic (exact) mass is 166 g/mol. The van der Waals surface area contributed by atoms with E-state index >= 15 is 0 Å². The largest absolute Gasteiger partial charge is 0.388 e. The fraction of sp³-hybridized carbons (Fsp3) is 0.400. The van der Waals surface area contributed by atoms with Crippen LogP contribution in [0.15, 0.2) is 18.2 Å². The molecule has 2 unspecified atom stereocenters. The predicted octanol–water partition coefficient (Wildman–Crippen LogP) is 2.05. The molecule has 1 aliphatic carbocycles. The van der Waals surface area contributed by atoms with Crippen molar-refractivity contribution in [1.82, 2.24) is 0 Å². The lowest BCUT2D eigenvalue weighted by molar-refractivity contribution is 0.133. The molecule has 0 radical (unpaired) electrons. The molecule has 0 fully saturated rings. The summed E-state index contributed by atoms with van der Waals surface area (Å²) in [6.45, 7) is 1.97. The van der Waals surface area contributed by atoms with E-state index in [1.54, 1.807) is 6.07 Å². The molecular formula is C10H11FO. The molecule has 0 saturated carbocycles. The van der Waals surface area contributed by atoms with E-state index in [-0.39, 0.29) is 11.7 Å². The fourth-order valence-electron chi connectivity index (χ4n) is 1.80. The van der Waals surface area contributed by atoms with Gasteiger partial charge in [0.15, 0.2) is 0 Å². The summed E-state index contributed by atoms with van der Waals surface area (Å²) < 4.78 is 12.7. The number of fused-ring (bicyclic) bond motifs is 1. The van der Waals surface area contributed by atoms with Crippen molar-refractivity contribution < 1.29 is 9.50 Å². The Morgan fingerprint density at radius 2 is 2.25 bits per heavy atom. The molecule has 1 aliphatic rings. The summed E-state index contributed by atoms with van der Waals surface area (Å²) in [5.41, 5.74) is 1.85. The molecule has 1 N–H and O–H groups in total. The highest BCUT2D eigenvalue weighted by Gasteiger charge is 2.27. The van der Waals surface area contributed by atoms with E-state index in [2.05, 4.69) is 0 Å². The SMILES string of the molecule is CC1Cc2cc(F)ccc2C1O. The van der Waals surface area contributed by atoms with Gasteiger partial charge in [-0.15, -0.1) is 0 Å². The summed E-state index contributed by atoms with van der Waals surface area (Å²) >= 11 is 0. The summed E-state index contributed by atoms with van der Waals surface area (Å²) in [5, 5.41) is 9.62. The van der Waals surface area contributed by atoms with Gasteiger partial charge in [0.2, 0.25) is 0 Å². The Hall–Kier alpha value is -0.890. The third-order valence-electron chi connectivity index (χ3n) is 2.50. The molecule has 0 aliphatic heterocycles. The lowest BCUT2D eigenvalue weighted by atomic mass is 10.1. The Bertz CT molecular complexity index is 309. The highest BCUT2D eigenvalue weighted by atomic mass is 19.1. The molecule has 0 saturated heterocycles. The molecule has 1 nitrogen and oxygen atoms in total. The highest BCUT2D eigenvalue weighted by Crippen LogP contribution is 2.35. The van der Waals surface area contributed by atoms with Crippen molar-refractivity contribution in [3.8, 4) is 0 Å². The topological polar surface area (TPSA) is 20.2 Å². The zero-order valence-corrected chi connectivity index (χ0v) is 6.92. The zero-order valence-electron chi connectivity index (χ0n) is 6.92. The van der Waals surface area contributed by atoms with Crippen LogP contribution < -0.4 is 0 Å². The van der Waals surface area contributed by atoms with Crippen LogP contribution in [0.5, 0.6) is 0 Å². The molecule has 1 aromatic carbocycles. The van der Waals surface area contributed by atoms with Gasteiger partial charge in [-0.1, -0.05) is 13.0 Å². The first kappa shape index (κ1) is 7.74. The van der Waals surface area contributed by atoms with Crippen LogP contribution in [-0.2, 0) is 6.42 Å². The molecule has 0 spiro atoms. The van der Waals surface area contributed by atoms with E-state index in [1.165, 1.54) is 12.1 Å². The maximum Gasteiger partial charge on any atom is 0.123 e. The quantitative estimate of drug-likeness (QED) is 0.625. The average molecular weight is 166 g/mol. The molecule has 2 heteroatoms. The van der Waals surface area contributed by atoms with Gasteiger partial charge >= 0.3 is 0 Å². The molecule has 0 heterocycles. The second kappa shape index (κ2) is 2.56. The fourth-order valence-corrected chi connectivity index (χ4v) is 1.80. The highest BCUT2D eigenvalue weighted by molar-refractivity contribution is 5.34. The summed E-state index contributed by atoms with van der Waals surface area (Å²) in [7, 11) is 0. The Labute approximate surface area is 70.8 Å². The van der Waals surface area contributed by atoms with Crippen molar-refractivity contribution in [3.05, 3.63) is 35.1 Å². The van der Waals surface area contributed by atoms with E-state index in [1.807, 2.05) is 6.92 Å². The molecule has 12 heavy (non-hydrogen) atoms. The Morgan fingerprint density at radius 3 is 3.00 bits per heavy atom.